The van der Waals surface area contributed by atoms with Crippen LogP contribution in [0, 0.1) is 6.92 Å². The fourth-order valence-electron chi connectivity index (χ4n) is 2.67. The van der Waals surface area contributed by atoms with Crippen molar-refractivity contribution in [3.63, 3.8) is 0 Å². The molecule has 2 aromatic carbocycles. The summed E-state index contributed by atoms with van der Waals surface area (Å²) in [6.45, 7) is 3.64. The number of rotatable bonds is 8. The topological polar surface area (TPSA) is 57.6 Å². The van der Waals surface area contributed by atoms with Crippen molar-refractivity contribution in [3.8, 4) is 0 Å². The maximum Gasteiger partial charge on any atom is 0.425 e. The molecule has 0 bridgehead atoms. The number of nitrogens with zero attached hydrogens (tertiary/aromatic N) is 1. The van der Waals surface area contributed by atoms with Gasteiger partial charge in [-0.25, -0.2) is 8.42 Å². The summed E-state index contributed by atoms with van der Waals surface area (Å²) in [6.07, 6.45) is -2.63. The van der Waals surface area contributed by atoms with Crippen LogP contribution in [0.2, 0.25) is 0 Å². The molecule has 0 aromatic heterocycles. The van der Waals surface area contributed by atoms with Gasteiger partial charge in [-0.2, -0.15) is 13.2 Å². The average molecular weight is 427 g/mol. The molecule has 158 valence electrons. The molecule has 0 radical (unpaired) electrons. The predicted molar refractivity (Wildman–Crippen MR) is 106 cm³/mol. The van der Waals surface area contributed by atoms with Gasteiger partial charge in [-0.05, 0) is 37.1 Å². The molecule has 8 heteroatoms. The molecule has 0 aliphatic rings. The minimum Gasteiger partial charge on any atom is -0.373 e. The van der Waals surface area contributed by atoms with Crippen LogP contribution in [-0.4, -0.2) is 30.6 Å². The van der Waals surface area contributed by atoms with Gasteiger partial charge in [0.15, 0.2) is 0 Å². The Morgan fingerprint density at radius 2 is 1.62 bits per heavy atom. The van der Waals surface area contributed by atoms with Crippen molar-refractivity contribution in [2.75, 3.05) is 6.54 Å². The number of halogens is 3. The third-order valence-electron chi connectivity index (χ3n) is 4.49. The Hall–Kier alpha value is -2.32. The first kappa shape index (κ1) is 23.0. The Bertz CT molecular complexity index is 926. The molecule has 2 rings (SSSR count). The lowest BCUT2D eigenvalue weighted by Gasteiger charge is -2.29. The molecule has 0 heterocycles. The zero-order valence-electron chi connectivity index (χ0n) is 16.2. The monoisotopic (exact) mass is 427 g/mol. The van der Waals surface area contributed by atoms with E-state index in [2.05, 4.69) is 0 Å². The van der Waals surface area contributed by atoms with Crippen LogP contribution >= 0.6 is 0 Å². The van der Waals surface area contributed by atoms with Crippen molar-refractivity contribution in [3.05, 3.63) is 78.0 Å². The van der Waals surface area contributed by atoms with Gasteiger partial charge in [0.1, 0.15) is 0 Å². The summed E-state index contributed by atoms with van der Waals surface area (Å²) in [5.41, 5.74) is -2.86. The number of unbranched alkanes of at least 4 members (excludes halogenated alkanes) is 1. The van der Waals surface area contributed by atoms with Crippen LogP contribution < -0.4 is 0 Å². The van der Waals surface area contributed by atoms with E-state index in [1.807, 2.05) is 6.92 Å². The first-order valence-corrected chi connectivity index (χ1v) is 10.6. The highest BCUT2D eigenvalue weighted by Crippen LogP contribution is 2.40. The van der Waals surface area contributed by atoms with Crippen LogP contribution in [0.4, 0.5) is 13.2 Å². The van der Waals surface area contributed by atoms with Crippen LogP contribution in [0.3, 0.4) is 0 Å². The van der Waals surface area contributed by atoms with Gasteiger partial charge in [0, 0.05) is 12.7 Å². The molecular weight excluding hydrogens is 403 g/mol. The second-order valence-corrected chi connectivity index (χ2v) is 8.62. The molecule has 0 aliphatic heterocycles. The highest BCUT2D eigenvalue weighted by molar-refractivity contribution is 7.89. The van der Waals surface area contributed by atoms with Crippen molar-refractivity contribution < 1.29 is 26.7 Å². The number of hydrogen-bond donors (Lipinski definition) is 1. The van der Waals surface area contributed by atoms with E-state index in [1.165, 1.54) is 30.3 Å². The summed E-state index contributed by atoms with van der Waals surface area (Å²) < 4.78 is 67.8. The van der Waals surface area contributed by atoms with E-state index in [0.717, 1.165) is 28.2 Å². The molecule has 29 heavy (non-hydrogen) atoms. The standard InChI is InChI=1S/C21H24F3NO3S/c1-3-4-15-25(29(27,28)19-12-10-17(2)11-13-19)16-14-20(26,21(22,23)24)18-8-6-5-7-9-18/h5-14,16,26H,3-4,15H2,1-2H3/b16-14-/t20-/m1/s1. The Kier molecular flexibility index (Phi) is 7.13. The molecule has 4 nitrogen and oxygen atoms in total. The minimum absolute atomic E-state index is 0.00800. The molecule has 2 aromatic rings. The minimum atomic E-state index is -5.03. The van der Waals surface area contributed by atoms with Gasteiger partial charge in [0.25, 0.3) is 10.0 Å². The smallest absolute Gasteiger partial charge is 0.373 e. The summed E-state index contributed by atoms with van der Waals surface area (Å²) in [4.78, 5) is -0.0286. The van der Waals surface area contributed by atoms with E-state index >= 15 is 0 Å². The van der Waals surface area contributed by atoms with Gasteiger partial charge in [-0.3, -0.25) is 4.31 Å². The van der Waals surface area contributed by atoms with Crippen LogP contribution in [0.1, 0.15) is 30.9 Å². The fourth-order valence-corrected chi connectivity index (χ4v) is 4.01. The van der Waals surface area contributed by atoms with Gasteiger partial charge in [-0.1, -0.05) is 61.4 Å². The SMILES string of the molecule is CCCCN(/C=C\[C@@](O)(c1ccccc1)C(F)(F)F)S(=O)(=O)c1ccc(C)cc1. The van der Waals surface area contributed by atoms with E-state index in [4.69, 9.17) is 0 Å². The van der Waals surface area contributed by atoms with E-state index in [9.17, 15) is 26.7 Å². The molecule has 0 saturated heterocycles. The Balaban J connectivity index is 2.49. The maximum atomic E-state index is 13.7. The van der Waals surface area contributed by atoms with E-state index < -0.39 is 27.4 Å². The number of aliphatic hydroxyl groups is 1. The van der Waals surface area contributed by atoms with Gasteiger partial charge in [-0.15, -0.1) is 0 Å². The van der Waals surface area contributed by atoms with Gasteiger partial charge in [0.05, 0.1) is 4.90 Å². The molecule has 0 fully saturated rings. The van der Waals surface area contributed by atoms with Gasteiger partial charge in [0.2, 0.25) is 5.60 Å². The Labute approximate surface area is 169 Å². The molecular formula is C21H24F3NO3S. The second-order valence-electron chi connectivity index (χ2n) is 6.73. The number of alkyl halides is 3. The van der Waals surface area contributed by atoms with Crippen LogP contribution in [0.15, 0.2) is 71.8 Å². The molecule has 0 spiro atoms. The van der Waals surface area contributed by atoms with Crippen LogP contribution in [-0.2, 0) is 15.6 Å². The quantitative estimate of drug-likeness (QED) is 0.662. The molecule has 0 aliphatic carbocycles. The lowest BCUT2D eigenvalue weighted by molar-refractivity contribution is -0.245. The zero-order chi connectivity index (χ0) is 21.7. The lowest BCUT2D eigenvalue weighted by atomic mass is 9.93. The maximum absolute atomic E-state index is 13.7. The largest absolute Gasteiger partial charge is 0.425 e. The van der Waals surface area contributed by atoms with Crippen molar-refractivity contribution in [1.29, 1.82) is 0 Å². The van der Waals surface area contributed by atoms with Crippen LogP contribution in [0.5, 0.6) is 0 Å². The van der Waals surface area contributed by atoms with Crippen LogP contribution in [0.25, 0.3) is 0 Å². The summed E-state index contributed by atoms with van der Waals surface area (Å²) in [5.74, 6) is 0. The third kappa shape index (κ3) is 5.19. The van der Waals surface area contributed by atoms with Crippen molar-refractivity contribution in [1.82, 2.24) is 4.31 Å². The lowest BCUT2D eigenvalue weighted by Crippen LogP contribution is -2.41. The number of benzene rings is 2. The number of aryl methyl sites for hydroxylation is 1. The molecule has 0 unspecified atom stereocenters. The van der Waals surface area contributed by atoms with Crippen molar-refractivity contribution in [2.45, 2.75) is 43.4 Å². The first-order valence-electron chi connectivity index (χ1n) is 9.15. The van der Waals surface area contributed by atoms with Gasteiger partial charge < -0.3 is 5.11 Å². The Morgan fingerprint density at radius 1 is 1.03 bits per heavy atom. The first-order chi connectivity index (χ1) is 13.5. The summed E-state index contributed by atoms with van der Waals surface area (Å²) >= 11 is 0. The number of sulfonamides is 1. The normalized spacial score (nSPS) is 14.7. The van der Waals surface area contributed by atoms with Crippen molar-refractivity contribution in [2.24, 2.45) is 0 Å². The van der Waals surface area contributed by atoms with E-state index in [1.54, 1.807) is 19.1 Å². The predicted octanol–water partition coefficient (Wildman–Crippen LogP) is 4.75. The fraction of sp³-hybridized carbons (Fsp3) is 0.333. The summed E-state index contributed by atoms with van der Waals surface area (Å²) in [7, 11) is -4.07. The van der Waals surface area contributed by atoms with Gasteiger partial charge >= 0.3 is 6.18 Å². The van der Waals surface area contributed by atoms with Crippen molar-refractivity contribution >= 4 is 10.0 Å². The zero-order valence-corrected chi connectivity index (χ0v) is 17.0. The summed E-state index contributed by atoms with van der Waals surface area (Å²) in [5, 5.41) is 10.4. The molecule has 1 atom stereocenters. The molecule has 0 saturated carbocycles. The number of hydrogen-bond acceptors (Lipinski definition) is 3. The molecule has 0 amide bonds. The highest BCUT2D eigenvalue weighted by atomic mass is 32.2. The average Bonchev–Trinajstić information content (AvgIpc) is 2.67. The third-order valence-corrected chi connectivity index (χ3v) is 6.28. The van der Waals surface area contributed by atoms with E-state index in [-0.39, 0.29) is 11.4 Å². The Morgan fingerprint density at radius 3 is 2.14 bits per heavy atom. The van der Waals surface area contributed by atoms with E-state index in [0.29, 0.717) is 18.9 Å². The summed E-state index contributed by atoms with van der Waals surface area (Å²) in [6, 6.07) is 12.6. The second kappa shape index (κ2) is 9.00. The molecule has 1 N–H and O–H groups in total. The highest BCUT2D eigenvalue weighted by Gasteiger charge is 2.53.